The van der Waals surface area contributed by atoms with Crippen LogP contribution in [0.25, 0.3) is 6.08 Å². The molecule has 0 N–H and O–H groups in total. The van der Waals surface area contributed by atoms with Gasteiger partial charge in [-0.1, -0.05) is 54.1 Å². The predicted molar refractivity (Wildman–Crippen MR) is 92.0 cm³/mol. The fourth-order valence-corrected chi connectivity index (χ4v) is 3.21. The van der Waals surface area contributed by atoms with E-state index in [-0.39, 0.29) is 6.04 Å². The Kier molecular flexibility index (Phi) is 5.40. The molecular formula is C17H18ClNO2S. The van der Waals surface area contributed by atoms with Crippen molar-refractivity contribution in [1.29, 1.82) is 0 Å². The number of nitrogens with zero attached hydrogens (tertiary/aromatic N) is 1. The number of benzene rings is 2. The van der Waals surface area contributed by atoms with Gasteiger partial charge in [0, 0.05) is 23.5 Å². The SMILES string of the molecule is CC(c1ccc(Cl)cc1)N(C)S(=O)(=O)/C=C/c1ccccc1. The van der Waals surface area contributed by atoms with Crippen LogP contribution in [0.2, 0.25) is 5.02 Å². The molecule has 0 heterocycles. The van der Waals surface area contributed by atoms with Crippen molar-refractivity contribution in [2.24, 2.45) is 0 Å². The van der Waals surface area contributed by atoms with Crippen LogP contribution in [-0.2, 0) is 10.0 Å². The summed E-state index contributed by atoms with van der Waals surface area (Å²) in [5.74, 6) is 0. The van der Waals surface area contributed by atoms with E-state index in [0.29, 0.717) is 5.02 Å². The average Bonchev–Trinajstić information content (AvgIpc) is 2.53. The van der Waals surface area contributed by atoms with Gasteiger partial charge in [-0.25, -0.2) is 8.42 Å². The number of rotatable bonds is 5. The minimum absolute atomic E-state index is 0.275. The van der Waals surface area contributed by atoms with Crippen molar-refractivity contribution in [2.45, 2.75) is 13.0 Å². The first kappa shape index (κ1) is 16.7. The summed E-state index contributed by atoms with van der Waals surface area (Å²) < 4.78 is 26.1. The third-order valence-corrected chi connectivity index (χ3v) is 5.38. The van der Waals surface area contributed by atoms with Crippen molar-refractivity contribution in [3.63, 3.8) is 0 Å². The Balaban J connectivity index is 2.18. The van der Waals surface area contributed by atoms with Crippen LogP contribution in [0.15, 0.2) is 60.0 Å². The summed E-state index contributed by atoms with van der Waals surface area (Å²) in [5, 5.41) is 1.86. The van der Waals surface area contributed by atoms with Crippen molar-refractivity contribution in [3.05, 3.63) is 76.2 Å². The monoisotopic (exact) mass is 335 g/mol. The lowest BCUT2D eigenvalue weighted by Gasteiger charge is -2.23. The molecule has 0 amide bonds. The van der Waals surface area contributed by atoms with E-state index in [1.54, 1.807) is 25.3 Å². The second kappa shape index (κ2) is 7.09. The molecule has 0 aliphatic carbocycles. The molecule has 3 nitrogen and oxygen atoms in total. The zero-order valence-electron chi connectivity index (χ0n) is 12.5. The Hall–Kier alpha value is -1.62. The molecular weight excluding hydrogens is 318 g/mol. The molecule has 0 saturated carbocycles. The lowest BCUT2D eigenvalue weighted by Crippen LogP contribution is -2.27. The molecule has 5 heteroatoms. The van der Waals surface area contributed by atoms with Gasteiger partial charge in [0.1, 0.15) is 0 Å². The fourth-order valence-electron chi connectivity index (χ4n) is 2.00. The molecule has 0 radical (unpaired) electrons. The van der Waals surface area contributed by atoms with E-state index < -0.39 is 10.0 Å². The molecule has 22 heavy (non-hydrogen) atoms. The number of hydrogen-bond donors (Lipinski definition) is 0. The highest BCUT2D eigenvalue weighted by atomic mass is 35.5. The summed E-state index contributed by atoms with van der Waals surface area (Å²) in [6.07, 6.45) is 1.60. The predicted octanol–water partition coefficient (Wildman–Crippen LogP) is 4.33. The Morgan fingerprint density at radius 3 is 2.23 bits per heavy atom. The standard InChI is InChI=1S/C17H18ClNO2S/c1-14(16-8-10-17(18)11-9-16)19(2)22(20,21)13-12-15-6-4-3-5-7-15/h3-14H,1-2H3/b13-12+. The van der Waals surface area contributed by atoms with E-state index in [1.807, 2.05) is 49.4 Å². The van der Waals surface area contributed by atoms with Crippen LogP contribution >= 0.6 is 11.6 Å². The second-order valence-electron chi connectivity index (χ2n) is 5.00. The average molecular weight is 336 g/mol. The molecule has 1 unspecified atom stereocenters. The largest absolute Gasteiger partial charge is 0.236 e. The number of halogens is 1. The van der Waals surface area contributed by atoms with Crippen LogP contribution in [0.1, 0.15) is 24.1 Å². The summed E-state index contributed by atoms with van der Waals surface area (Å²) in [6, 6.07) is 16.2. The number of sulfonamides is 1. The Morgan fingerprint density at radius 1 is 1.05 bits per heavy atom. The second-order valence-corrected chi connectivity index (χ2v) is 7.32. The highest BCUT2D eigenvalue weighted by Gasteiger charge is 2.21. The lowest BCUT2D eigenvalue weighted by atomic mass is 10.1. The molecule has 0 fully saturated rings. The first-order chi connectivity index (χ1) is 10.4. The third-order valence-electron chi connectivity index (χ3n) is 3.53. The zero-order chi connectivity index (χ0) is 16.2. The Morgan fingerprint density at radius 2 is 1.64 bits per heavy atom. The molecule has 0 aromatic heterocycles. The molecule has 0 aliphatic rings. The normalized spacial score (nSPS) is 13.6. The van der Waals surface area contributed by atoms with Gasteiger partial charge in [-0.15, -0.1) is 0 Å². The van der Waals surface area contributed by atoms with Gasteiger partial charge in [0.15, 0.2) is 0 Å². The molecule has 0 spiro atoms. The highest BCUT2D eigenvalue weighted by Crippen LogP contribution is 2.24. The smallest absolute Gasteiger partial charge is 0.207 e. The zero-order valence-corrected chi connectivity index (χ0v) is 14.1. The van der Waals surface area contributed by atoms with Gasteiger partial charge in [-0.3, -0.25) is 0 Å². The summed E-state index contributed by atoms with van der Waals surface area (Å²) >= 11 is 5.86. The quantitative estimate of drug-likeness (QED) is 0.815. The van der Waals surface area contributed by atoms with Crippen molar-refractivity contribution in [3.8, 4) is 0 Å². The summed E-state index contributed by atoms with van der Waals surface area (Å²) in [7, 11) is -1.92. The molecule has 2 aromatic carbocycles. The fraction of sp³-hybridized carbons (Fsp3) is 0.176. The summed E-state index contributed by atoms with van der Waals surface area (Å²) in [4.78, 5) is 0. The van der Waals surface area contributed by atoms with Crippen molar-refractivity contribution in [2.75, 3.05) is 7.05 Å². The van der Waals surface area contributed by atoms with E-state index in [0.717, 1.165) is 11.1 Å². The van der Waals surface area contributed by atoms with Crippen LogP contribution in [0, 0.1) is 0 Å². The van der Waals surface area contributed by atoms with Crippen LogP contribution in [-0.4, -0.2) is 19.8 Å². The first-order valence-corrected chi connectivity index (χ1v) is 8.75. The summed E-state index contributed by atoms with van der Waals surface area (Å²) in [5.41, 5.74) is 1.74. The molecule has 0 saturated heterocycles. The van der Waals surface area contributed by atoms with Crippen molar-refractivity contribution >= 4 is 27.7 Å². The van der Waals surface area contributed by atoms with Crippen molar-refractivity contribution in [1.82, 2.24) is 4.31 Å². The Bertz CT molecular complexity index is 740. The van der Waals surface area contributed by atoms with E-state index in [4.69, 9.17) is 11.6 Å². The Labute approximate surface area is 136 Å². The third kappa shape index (κ3) is 4.19. The highest BCUT2D eigenvalue weighted by molar-refractivity contribution is 7.92. The van der Waals surface area contributed by atoms with Crippen molar-refractivity contribution < 1.29 is 8.42 Å². The van der Waals surface area contributed by atoms with E-state index in [2.05, 4.69) is 0 Å². The minimum Gasteiger partial charge on any atom is -0.207 e. The van der Waals surface area contributed by atoms with Gasteiger partial charge in [0.25, 0.3) is 0 Å². The minimum atomic E-state index is -3.50. The van der Waals surface area contributed by atoms with Gasteiger partial charge in [-0.05, 0) is 36.3 Å². The van der Waals surface area contributed by atoms with Crippen LogP contribution < -0.4 is 0 Å². The first-order valence-electron chi connectivity index (χ1n) is 6.87. The molecule has 1 atom stereocenters. The molecule has 0 bridgehead atoms. The van der Waals surface area contributed by atoms with Crippen LogP contribution in [0.5, 0.6) is 0 Å². The van der Waals surface area contributed by atoms with Gasteiger partial charge >= 0.3 is 0 Å². The molecule has 2 rings (SSSR count). The van der Waals surface area contributed by atoms with E-state index >= 15 is 0 Å². The van der Waals surface area contributed by atoms with Gasteiger partial charge < -0.3 is 0 Å². The van der Waals surface area contributed by atoms with Gasteiger partial charge in [0.2, 0.25) is 10.0 Å². The maximum atomic E-state index is 12.4. The van der Waals surface area contributed by atoms with Crippen LogP contribution in [0.3, 0.4) is 0 Å². The van der Waals surface area contributed by atoms with Crippen LogP contribution in [0.4, 0.5) is 0 Å². The van der Waals surface area contributed by atoms with E-state index in [9.17, 15) is 8.42 Å². The topological polar surface area (TPSA) is 37.4 Å². The maximum Gasteiger partial charge on any atom is 0.236 e. The lowest BCUT2D eigenvalue weighted by molar-refractivity contribution is 0.404. The molecule has 2 aromatic rings. The molecule has 0 aliphatic heterocycles. The maximum absolute atomic E-state index is 12.4. The number of hydrogen-bond acceptors (Lipinski definition) is 2. The van der Waals surface area contributed by atoms with Gasteiger partial charge in [-0.2, -0.15) is 4.31 Å². The van der Waals surface area contributed by atoms with Gasteiger partial charge in [0.05, 0.1) is 0 Å². The summed E-state index contributed by atoms with van der Waals surface area (Å²) in [6.45, 7) is 1.84. The van der Waals surface area contributed by atoms with E-state index in [1.165, 1.54) is 9.71 Å². The molecule has 116 valence electrons.